The number of fused-ring (bicyclic) bond motifs is 1. The second-order valence-corrected chi connectivity index (χ2v) is 5.39. The molecule has 19 heavy (non-hydrogen) atoms. The lowest BCUT2D eigenvalue weighted by Crippen LogP contribution is -2.36. The molecule has 0 bridgehead atoms. The summed E-state index contributed by atoms with van der Waals surface area (Å²) in [5.41, 5.74) is 2.93. The quantitative estimate of drug-likeness (QED) is 0.828. The number of ketones is 1. The molecule has 1 heterocycles. The van der Waals surface area contributed by atoms with Gasteiger partial charge in [0.1, 0.15) is 5.75 Å². The van der Waals surface area contributed by atoms with Crippen molar-refractivity contribution in [3.8, 4) is 5.75 Å². The molecule has 0 unspecified atom stereocenters. The van der Waals surface area contributed by atoms with Crippen molar-refractivity contribution in [1.82, 2.24) is 5.32 Å². The first-order chi connectivity index (χ1) is 9.13. The smallest absolute Gasteiger partial charge is 0.174 e. The number of hydrogen-bond donors (Lipinski definition) is 1. The molecule has 1 atom stereocenters. The van der Waals surface area contributed by atoms with Gasteiger partial charge in [0.05, 0.1) is 18.1 Å². The number of ether oxygens (including phenoxy) is 1. The Morgan fingerprint density at radius 2 is 2.16 bits per heavy atom. The van der Waals surface area contributed by atoms with Gasteiger partial charge in [-0.1, -0.05) is 19.4 Å². The van der Waals surface area contributed by atoms with Crippen molar-refractivity contribution in [2.75, 3.05) is 19.7 Å². The Kier molecular flexibility index (Phi) is 4.59. The standard InChI is InChI=1S/C16H23NO2/c1-4-5-6-17-9-13-10-19-16-12(3)7-11(2)8-14(16)15(13)18/h7-8,13,17H,4-6,9-10H2,1-3H3/t13-/m1/s1. The topological polar surface area (TPSA) is 38.3 Å². The minimum absolute atomic E-state index is 0.0504. The van der Waals surface area contributed by atoms with E-state index in [9.17, 15) is 4.79 Å². The van der Waals surface area contributed by atoms with Crippen LogP contribution in [0.15, 0.2) is 12.1 Å². The molecule has 0 aromatic heterocycles. The average Bonchev–Trinajstić information content (AvgIpc) is 2.37. The predicted molar refractivity (Wildman–Crippen MR) is 77.0 cm³/mol. The number of aryl methyl sites for hydroxylation is 2. The summed E-state index contributed by atoms with van der Waals surface area (Å²) >= 11 is 0. The van der Waals surface area contributed by atoms with Gasteiger partial charge >= 0.3 is 0 Å². The molecule has 0 fully saturated rings. The van der Waals surface area contributed by atoms with E-state index in [0.717, 1.165) is 35.4 Å². The summed E-state index contributed by atoms with van der Waals surface area (Å²) in [4.78, 5) is 12.5. The van der Waals surface area contributed by atoms with Gasteiger partial charge < -0.3 is 10.1 Å². The molecule has 1 aliphatic heterocycles. The summed E-state index contributed by atoms with van der Waals surface area (Å²) in [7, 11) is 0. The van der Waals surface area contributed by atoms with Crippen LogP contribution in [0.4, 0.5) is 0 Å². The zero-order chi connectivity index (χ0) is 13.8. The minimum Gasteiger partial charge on any atom is -0.492 e. The van der Waals surface area contributed by atoms with Crippen molar-refractivity contribution in [2.24, 2.45) is 5.92 Å². The molecule has 0 spiro atoms. The van der Waals surface area contributed by atoms with Gasteiger partial charge in [-0.2, -0.15) is 0 Å². The third-order valence-corrected chi connectivity index (χ3v) is 3.58. The molecule has 3 nitrogen and oxygen atoms in total. The third kappa shape index (κ3) is 3.16. The highest BCUT2D eigenvalue weighted by Gasteiger charge is 2.29. The van der Waals surface area contributed by atoms with Crippen molar-refractivity contribution in [1.29, 1.82) is 0 Å². The Morgan fingerprint density at radius 3 is 2.89 bits per heavy atom. The van der Waals surface area contributed by atoms with Crippen LogP contribution in [0.25, 0.3) is 0 Å². The molecule has 0 saturated carbocycles. The van der Waals surface area contributed by atoms with Gasteiger partial charge in [-0.3, -0.25) is 4.79 Å². The SMILES string of the molecule is CCCCNC[C@@H]1COc2c(C)cc(C)cc2C1=O. The van der Waals surface area contributed by atoms with Crippen molar-refractivity contribution in [3.63, 3.8) is 0 Å². The molecule has 1 N–H and O–H groups in total. The highest BCUT2D eigenvalue weighted by Crippen LogP contribution is 2.31. The number of carbonyl (C=O) groups is 1. The lowest BCUT2D eigenvalue weighted by Gasteiger charge is -2.26. The van der Waals surface area contributed by atoms with Crippen LogP contribution in [0.5, 0.6) is 5.75 Å². The van der Waals surface area contributed by atoms with Crippen LogP contribution in [0, 0.1) is 19.8 Å². The number of nitrogens with one attached hydrogen (secondary N) is 1. The van der Waals surface area contributed by atoms with Crippen LogP contribution >= 0.6 is 0 Å². The molecular weight excluding hydrogens is 238 g/mol. The fourth-order valence-corrected chi connectivity index (χ4v) is 2.54. The molecule has 1 aliphatic rings. The maximum absolute atomic E-state index is 12.5. The lowest BCUT2D eigenvalue weighted by molar-refractivity contribution is 0.0828. The van der Waals surface area contributed by atoms with Crippen molar-refractivity contribution < 1.29 is 9.53 Å². The van der Waals surface area contributed by atoms with E-state index < -0.39 is 0 Å². The van der Waals surface area contributed by atoms with E-state index in [0.29, 0.717) is 13.2 Å². The zero-order valence-corrected chi connectivity index (χ0v) is 12.1. The van der Waals surface area contributed by atoms with Gasteiger partial charge in [-0.25, -0.2) is 0 Å². The Morgan fingerprint density at radius 1 is 1.37 bits per heavy atom. The molecule has 3 heteroatoms. The predicted octanol–water partition coefficient (Wildman–Crippen LogP) is 2.88. The van der Waals surface area contributed by atoms with Crippen LogP contribution in [0.3, 0.4) is 0 Å². The van der Waals surface area contributed by atoms with Gasteiger partial charge in [-0.05, 0) is 44.0 Å². The van der Waals surface area contributed by atoms with Gasteiger partial charge in [0.25, 0.3) is 0 Å². The van der Waals surface area contributed by atoms with E-state index in [4.69, 9.17) is 4.74 Å². The minimum atomic E-state index is -0.0504. The number of carbonyl (C=O) groups excluding carboxylic acids is 1. The first-order valence-electron chi connectivity index (χ1n) is 7.12. The Labute approximate surface area is 115 Å². The van der Waals surface area contributed by atoms with E-state index in [-0.39, 0.29) is 11.7 Å². The Balaban J connectivity index is 2.07. The molecule has 0 radical (unpaired) electrons. The third-order valence-electron chi connectivity index (χ3n) is 3.58. The molecule has 104 valence electrons. The highest BCUT2D eigenvalue weighted by molar-refractivity contribution is 6.02. The molecule has 0 saturated heterocycles. The van der Waals surface area contributed by atoms with E-state index in [1.54, 1.807) is 0 Å². The summed E-state index contributed by atoms with van der Waals surface area (Å²) in [6, 6.07) is 4.01. The second kappa shape index (κ2) is 6.20. The summed E-state index contributed by atoms with van der Waals surface area (Å²) in [6.07, 6.45) is 2.32. The number of benzene rings is 1. The van der Waals surface area contributed by atoms with E-state index in [2.05, 4.69) is 18.3 Å². The fourth-order valence-electron chi connectivity index (χ4n) is 2.54. The van der Waals surface area contributed by atoms with Crippen LogP contribution in [-0.4, -0.2) is 25.5 Å². The van der Waals surface area contributed by atoms with Crippen molar-refractivity contribution >= 4 is 5.78 Å². The van der Waals surface area contributed by atoms with Crippen LogP contribution in [-0.2, 0) is 0 Å². The molecular formula is C16H23NO2. The number of Topliss-reactive ketones (excluding diaryl/α,β-unsaturated/α-hetero) is 1. The molecule has 1 aromatic rings. The summed E-state index contributed by atoms with van der Waals surface area (Å²) < 4.78 is 5.79. The monoisotopic (exact) mass is 261 g/mol. The van der Waals surface area contributed by atoms with E-state index in [1.807, 2.05) is 19.9 Å². The van der Waals surface area contributed by atoms with Crippen molar-refractivity contribution in [3.05, 3.63) is 28.8 Å². The van der Waals surface area contributed by atoms with Gasteiger partial charge in [0, 0.05) is 6.54 Å². The Bertz CT molecular complexity index is 468. The van der Waals surface area contributed by atoms with E-state index >= 15 is 0 Å². The second-order valence-electron chi connectivity index (χ2n) is 5.39. The first-order valence-corrected chi connectivity index (χ1v) is 7.12. The van der Waals surface area contributed by atoms with Gasteiger partial charge in [0.2, 0.25) is 0 Å². The average molecular weight is 261 g/mol. The Hall–Kier alpha value is -1.35. The maximum atomic E-state index is 12.5. The normalized spacial score (nSPS) is 18.1. The number of unbranched alkanes of at least 4 members (excludes halogenated alkanes) is 1. The summed E-state index contributed by atoms with van der Waals surface area (Å²) in [6.45, 7) is 8.36. The molecule has 0 amide bonds. The first kappa shape index (κ1) is 14.1. The fraction of sp³-hybridized carbons (Fsp3) is 0.562. The van der Waals surface area contributed by atoms with Crippen LogP contribution in [0.1, 0.15) is 41.3 Å². The van der Waals surface area contributed by atoms with Gasteiger partial charge in [-0.15, -0.1) is 0 Å². The van der Waals surface area contributed by atoms with Crippen LogP contribution in [0.2, 0.25) is 0 Å². The highest BCUT2D eigenvalue weighted by atomic mass is 16.5. The van der Waals surface area contributed by atoms with E-state index in [1.165, 1.54) is 6.42 Å². The number of rotatable bonds is 5. The zero-order valence-electron chi connectivity index (χ0n) is 12.1. The van der Waals surface area contributed by atoms with Crippen molar-refractivity contribution in [2.45, 2.75) is 33.6 Å². The number of hydrogen-bond acceptors (Lipinski definition) is 3. The van der Waals surface area contributed by atoms with Crippen LogP contribution < -0.4 is 10.1 Å². The summed E-state index contributed by atoms with van der Waals surface area (Å²) in [5.74, 6) is 0.947. The summed E-state index contributed by atoms with van der Waals surface area (Å²) in [5, 5.41) is 3.35. The molecule has 2 rings (SSSR count). The van der Waals surface area contributed by atoms with Gasteiger partial charge in [0.15, 0.2) is 5.78 Å². The maximum Gasteiger partial charge on any atom is 0.174 e. The molecule has 1 aromatic carbocycles. The largest absolute Gasteiger partial charge is 0.492 e. The lowest BCUT2D eigenvalue weighted by atomic mass is 9.92. The molecule has 0 aliphatic carbocycles.